The number of nitrogens with one attached hydrogen (secondary N) is 1. The Morgan fingerprint density at radius 2 is 1.91 bits per heavy atom. The van der Waals surface area contributed by atoms with Crippen LogP contribution in [0.3, 0.4) is 0 Å². The van der Waals surface area contributed by atoms with Gasteiger partial charge in [0.25, 0.3) is 5.69 Å². The van der Waals surface area contributed by atoms with Crippen molar-refractivity contribution < 1.29 is 14.5 Å². The van der Waals surface area contributed by atoms with Gasteiger partial charge in [0.15, 0.2) is 0 Å². The van der Waals surface area contributed by atoms with Gasteiger partial charge in [-0.15, -0.1) is 0 Å². The lowest BCUT2D eigenvalue weighted by Gasteiger charge is -2.33. The standard InChI is InChI=1S/C23H23N5O4/c1-32-20-10-4-16(5-11-20)21-13-22(25-15-24-21)27-12-2-3-17(14-27)23(29)26-18-6-8-19(9-7-18)28(30)31/h4-11,13,15,17H,2-3,12,14H2,1H3,(H,26,29). The zero-order valence-corrected chi connectivity index (χ0v) is 17.6. The molecule has 0 spiro atoms. The van der Waals surface area contributed by atoms with E-state index in [9.17, 15) is 14.9 Å². The van der Waals surface area contributed by atoms with Crippen LogP contribution in [0.1, 0.15) is 12.8 Å². The zero-order valence-electron chi connectivity index (χ0n) is 17.6. The predicted octanol–water partition coefficient (Wildman–Crippen LogP) is 3.92. The second-order valence-corrected chi connectivity index (χ2v) is 7.57. The van der Waals surface area contributed by atoms with Crippen LogP contribution in [-0.2, 0) is 4.79 Å². The fourth-order valence-corrected chi connectivity index (χ4v) is 3.75. The van der Waals surface area contributed by atoms with Crippen molar-refractivity contribution in [3.05, 3.63) is 71.0 Å². The van der Waals surface area contributed by atoms with Crippen molar-refractivity contribution in [1.82, 2.24) is 9.97 Å². The summed E-state index contributed by atoms with van der Waals surface area (Å²) in [6.07, 6.45) is 3.17. The first-order chi connectivity index (χ1) is 15.5. The van der Waals surface area contributed by atoms with E-state index in [1.165, 1.54) is 18.5 Å². The third kappa shape index (κ3) is 4.83. The third-order valence-electron chi connectivity index (χ3n) is 5.50. The van der Waals surface area contributed by atoms with E-state index in [1.807, 2.05) is 30.3 Å². The van der Waals surface area contributed by atoms with Gasteiger partial charge < -0.3 is 15.0 Å². The van der Waals surface area contributed by atoms with Crippen LogP contribution in [-0.4, -0.2) is 41.0 Å². The van der Waals surface area contributed by atoms with E-state index in [0.717, 1.165) is 42.2 Å². The van der Waals surface area contributed by atoms with Gasteiger partial charge in [-0.1, -0.05) is 0 Å². The van der Waals surface area contributed by atoms with Crippen LogP contribution in [0.5, 0.6) is 5.75 Å². The number of amides is 1. The van der Waals surface area contributed by atoms with Crippen LogP contribution < -0.4 is 15.0 Å². The highest BCUT2D eigenvalue weighted by Gasteiger charge is 2.27. The number of nitro benzene ring substituents is 1. The van der Waals surface area contributed by atoms with Crippen molar-refractivity contribution in [2.24, 2.45) is 5.92 Å². The van der Waals surface area contributed by atoms with Crippen LogP contribution in [0.25, 0.3) is 11.3 Å². The number of hydrogen-bond acceptors (Lipinski definition) is 7. The molecule has 1 atom stereocenters. The minimum absolute atomic E-state index is 0.0109. The molecular formula is C23H23N5O4. The number of methoxy groups -OCH3 is 1. The molecule has 0 saturated carbocycles. The lowest BCUT2D eigenvalue weighted by Crippen LogP contribution is -2.41. The van der Waals surface area contributed by atoms with E-state index in [2.05, 4.69) is 20.2 Å². The molecule has 9 nitrogen and oxygen atoms in total. The molecule has 164 valence electrons. The number of ether oxygens (including phenoxy) is 1. The Balaban J connectivity index is 1.44. The molecule has 1 aliphatic heterocycles. The van der Waals surface area contributed by atoms with Crippen molar-refractivity contribution >= 4 is 23.1 Å². The van der Waals surface area contributed by atoms with Crippen molar-refractivity contribution in [2.75, 3.05) is 30.4 Å². The molecule has 32 heavy (non-hydrogen) atoms. The van der Waals surface area contributed by atoms with Gasteiger partial charge >= 0.3 is 0 Å². The quantitative estimate of drug-likeness (QED) is 0.463. The number of nitro groups is 1. The van der Waals surface area contributed by atoms with Crippen LogP contribution in [0, 0.1) is 16.0 Å². The van der Waals surface area contributed by atoms with E-state index in [-0.39, 0.29) is 17.5 Å². The van der Waals surface area contributed by atoms with Crippen molar-refractivity contribution in [1.29, 1.82) is 0 Å². The molecule has 4 rings (SSSR count). The average molecular weight is 433 g/mol. The highest BCUT2D eigenvalue weighted by Crippen LogP contribution is 2.27. The normalized spacial score (nSPS) is 15.8. The van der Waals surface area contributed by atoms with Gasteiger partial charge in [-0.05, 0) is 49.2 Å². The van der Waals surface area contributed by atoms with Gasteiger partial charge in [-0.2, -0.15) is 0 Å². The van der Waals surface area contributed by atoms with Crippen LogP contribution in [0.4, 0.5) is 17.2 Å². The molecule has 0 aliphatic carbocycles. The monoisotopic (exact) mass is 433 g/mol. The highest BCUT2D eigenvalue weighted by atomic mass is 16.6. The van der Waals surface area contributed by atoms with Gasteiger partial charge in [0.1, 0.15) is 17.9 Å². The van der Waals surface area contributed by atoms with Crippen LogP contribution in [0.15, 0.2) is 60.9 Å². The minimum Gasteiger partial charge on any atom is -0.497 e. The summed E-state index contributed by atoms with van der Waals surface area (Å²) in [6, 6.07) is 15.4. The Kier molecular flexibility index (Phi) is 6.25. The summed E-state index contributed by atoms with van der Waals surface area (Å²) in [6.45, 7) is 1.35. The largest absolute Gasteiger partial charge is 0.497 e. The molecule has 9 heteroatoms. The van der Waals surface area contributed by atoms with Gasteiger partial charge in [-0.3, -0.25) is 14.9 Å². The molecule has 1 unspecified atom stereocenters. The van der Waals surface area contributed by atoms with Gasteiger partial charge in [0.05, 0.1) is 23.6 Å². The SMILES string of the molecule is COc1ccc(-c2cc(N3CCCC(C(=O)Nc4ccc([N+](=O)[O-])cc4)C3)ncn2)cc1. The fraction of sp³-hybridized carbons (Fsp3) is 0.261. The summed E-state index contributed by atoms with van der Waals surface area (Å²) in [7, 11) is 1.63. The maximum Gasteiger partial charge on any atom is 0.269 e. The molecule has 3 aromatic rings. The molecule has 2 aromatic carbocycles. The van der Waals surface area contributed by atoms with Crippen molar-refractivity contribution in [3.63, 3.8) is 0 Å². The summed E-state index contributed by atoms with van der Waals surface area (Å²) in [4.78, 5) is 34.0. The summed E-state index contributed by atoms with van der Waals surface area (Å²) in [5, 5.41) is 13.7. The number of nitrogens with zero attached hydrogens (tertiary/aromatic N) is 4. The molecule has 1 saturated heterocycles. The van der Waals surface area contributed by atoms with Gasteiger partial charge in [0, 0.05) is 42.5 Å². The number of piperidine rings is 1. The summed E-state index contributed by atoms with van der Waals surface area (Å²) >= 11 is 0. The maximum absolute atomic E-state index is 12.8. The Hall–Kier alpha value is -4.01. The number of carbonyl (C=O) groups excluding carboxylic acids is 1. The van der Waals surface area contributed by atoms with Gasteiger partial charge in [0.2, 0.25) is 5.91 Å². The number of aromatic nitrogens is 2. The molecule has 1 amide bonds. The highest BCUT2D eigenvalue weighted by molar-refractivity contribution is 5.93. The molecule has 0 bridgehead atoms. The Morgan fingerprint density at radius 1 is 1.16 bits per heavy atom. The first-order valence-corrected chi connectivity index (χ1v) is 10.3. The van der Waals surface area contributed by atoms with Gasteiger partial charge in [-0.25, -0.2) is 9.97 Å². The molecular weight excluding hydrogens is 410 g/mol. The molecule has 0 radical (unpaired) electrons. The topological polar surface area (TPSA) is 110 Å². The second kappa shape index (κ2) is 9.42. The van der Waals surface area contributed by atoms with E-state index in [0.29, 0.717) is 12.2 Å². The maximum atomic E-state index is 12.8. The van der Waals surface area contributed by atoms with Crippen LogP contribution >= 0.6 is 0 Å². The number of rotatable bonds is 6. The first-order valence-electron chi connectivity index (χ1n) is 10.3. The Bertz CT molecular complexity index is 1100. The van der Waals surface area contributed by atoms with E-state index in [4.69, 9.17) is 4.74 Å². The molecule has 1 N–H and O–H groups in total. The van der Waals surface area contributed by atoms with Crippen molar-refractivity contribution in [3.8, 4) is 17.0 Å². The van der Waals surface area contributed by atoms with Crippen LogP contribution in [0.2, 0.25) is 0 Å². The van der Waals surface area contributed by atoms with E-state index < -0.39 is 4.92 Å². The summed E-state index contributed by atoms with van der Waals surface area (Å²) in [5.74, 6) is 1.24. The molecule has 1 aromatic heterocycles. The summed E-state index contributed by atoms with van der Waals surface area (Å²) in [5.41, 5.74) is 2.29. The fourth-order valence-electron chi connectivity index (χ4n) is 3.75. The number of hydrogen-bond donors (Lipinski definition) is 1. The summed E-state index contributed by atoms with van der Waals surface area (Å²) < 4.78 is 5.21. The molecule has 1 aliphatic rings. The second-order valence-electron chi connectivity index (χ2n) is 7.57. The minimum atomic E-state index is -0.466. The Morgan fingerprint density at radius 3 is 2.59 bits per heavy atom. The van der Waals surface area contributed by atoms with E-state index in [1.54, 1.807) is 19.2 Å². The zero-order chi connectivity index (χ0) is 22.5. The third-order valence-corrected chi connectivity index (χ3v) is 5.50. The van der Waals surface area contributed by atoms with Crippen molar-refractivity contribution in [2.45, 2.75) is 12.8 Å². The average Bonchev–Trinajstić information content (AvgIpc) is 2.84. The number of benzene rings is 2. The first kappa shape index (κ1) is 21.2. The Labute approximate surface area is 185 Å². The molecule has 2 heterocycles. The number of carbonyl (C=O) groups is 1. The lowest BCUT2D eigenvalue weighted by atomic mass is 9.97. The molecule has 1 fully saturated rings. The smallest absolute Gasteiger partial charge is 0.269 e. The predicted molar refractivity (Wildman–Crippen MR) is 121 cm³/mol. The number of anilines is 2. The number of non-ortho nitro benzene ring substituents is 1. The van der Waals surface area contributed by atoms with E-state index >= 15 is 0 Å². The lowest BCUT2D eigenvalue weighted by molar-refractivity contribution is -0.384.